The van der Waals surface area contributed by atoms with Crippen LogP contribution in [0.1, 0.15) is 16.4 Å². The summed E-state index contributed by atoms with van der Waals surface area (Å²) in [6.07, 6.45) is 2.02. The molecule has 0 fully saturated rings. The summed E-state index contributed by atoms with van der Waals surface area (Å²) in [5.41, 5.74) is 1.73. The number of thiazole rings is 1. The lowest BCUT2D eigenvalue weighted by atomic mass is 10.4. The van der Waals surface area contributed by atoms with Crippen LogP contribution in [0.5, 0.6) is 0 Å². The lowest BCUT2D eigenvalue weighted by Gasteiger charge is -2.07. The van der Waals surface area contributed by atoms with Gasteiger partial charge in [0.25, 0.3) is 0 Å². The van der Waals surface area contributed by atoms with Gasteiger partial charge in [-0.1, -0.05) is 11.8 Å². The molecule has 0 radical (unpaired) electrons. The Kier molecular flexibility index (Phi) is 5.38. The van der Waals surface area contributed by atoms with Gasteiger partial charge in [0, 0.05) is 32.3 Å². The van der Waals surface area contributed by atoms with Crippen LogP contribution in [0.25, 0.3) is 0 Å². The molecule has 0 atom stereocenters. The molecule has 6 nitrogen and oxygen atoms in total. The third-order valence-electron chi connectivity index (χ3n) is 2.95. The molecule has 0 aromatic carbocycles. The zero-order valence-corrected chi connectivity index (χ0v) is 13.9. The van der Waals surface area contributed by atoms with Gasteiger partial charge >= 0.3 is 0 Å². The summed E-state index contributed by atoms with van der Waals surface area (Å²) in [7, 11) is 5.36. The highest BCUT2D eigenvalue weighted by molar-refractivity contribution is 7.98. The van der Waals surface area contributed by atoms with E-state index in [1.54, 1.807) is 37.0 Å². The number of carbonyl (C=O) groups is 1. The second-order valence-electron chi connectivity index (χ2n) is 4.74. The predicted molar refractivity (Wildman–Crippen MR) is 83.2 cm³/mol. The highest BCUT2D eigenvalue weighted by Gasteiger charge is 2.11. The fraction of sp³-hybridized carbons (Fsp3) is 0.462. The van der Waals surface area contributed by atoms with E-state index in [-0.39, 0.29) is 12.5 Å². The van der Waals surface area contributed by atoms with E-state index in [1.165, 1.54) is 11.3 Å². The predicted octanol–water partition coefficient (Wildman–Crippen LogP) is 1.29. The minimum absolute atomic E-state index is 0.0163. The topological polar surface area (TPSA) is 71.2 Å². The number of thioether (sulfide) groups is 1. The van der Waals surface area contributed by atoms with Crippen LogP contribution in [0.4, 0.5) is 0 Å². The zero-order chi connectivity index (χ0) is 15.4. The quantitative estimate of drug-likeness (QED) is 0.810. The van der Waals surface area contributed by atoms with E-state index in [4.69, 9.17) is 5.11 Å². The van der Waals surface area contributed by atoms with Crippen molar-refractivity contribution in [3.63, 3.8) is 0 Å². The van der Waals surface area contributed by atoms with Crippen LogP contribution in [0.3, 0.4) is 0 Å². The molecule has 0 saturated carbocycles. The highest BCUT2D eigenvalue weighted by Crippen LogP contribution is 2.23. The van der Waals surface area contributed by atoms with Gasteiger partial charge in [-0.3, -0.25) is 4.79 Å². The van der Waals surface area contributed by atoms with Crippen molar-refractivity contribution in [2.45, 2.75) is 23.9 Å². The van der Waals surface area contributed by atoms with Crippen LogP contribution in [0, 0.1) is 0 Å². The van der Waals surface area contributed by atoms with Crippen molar-refractivity contribution in [3.8, 4) is 0 Å². The maximum atomic E-state index is 11.6. The number of rotatable bonds is 6. The summed E-state index contributed by atoms with van der Waals surface area (Å²) in [6.45, 7) is -0.0163. The van der Waals surface area contributed by atoms with E-state index in [1.807, 2.05) is 17.0 Å². The lowest BCUT2D eigenvalue weighted by molar-refractivity contribution is -0.127. The molecule has 0 unspecified atom stereocenters. The van der Waals surface area contributed by atoms with Gasteiger partial charge in [0.2, 0.25) is 5.91 Å². The van der Waals surface area contributed by atoms with Crippen LogP contribution in [0.15, 0.2) is 16.7 Å². The Morgan fingerprint density at radius 1 is 1.52 bits per heavy atom. The first-order chi connectivity index (χ1) is 10.0. The molecule has 1 N–H and O–H groups in total. The van der Waals surface area contributed by atoms with Crippen molar-refractivity contribution in [1.82, 2.24) is 19.4 Å². The van der Waals surface area contributed by atoms with Gasteiger partial charge < -0.3 is 14.6 Å². The number of nitrogens with zero attached hydrogens (tertiary/aromatic N) is 4. The fourth-order valence-corrected chi connectivity index (χ4v) is 3.38. The number of likely N-dealkylation sites (N-methyl/N-ethyl adjacent to an activating group) is 1. The van der Waals surface area contributed by atoms with Crippen molar-refractivity contribution in [1.29, 1.82) is 0 Å². The minimum atomic E-state index is -0.0163. The Balaban J connectivity index is 1.93. The smallest absolute Gasteiger partial charge is 0.228 e. The standard InChI is InChI=1S/C13H18N4O2S2/c1-16(2)12(19)4-11-15-9(7-20-11)8-21-13-14-5-10(6-18)17(13)3/h5,7,18H,4,6,8H2,1-3H3. The first-order valence-electron chi connectivity index (χ1n) is 6.39. The van der Waals surface area contributed by atoms with Gasteiger partial charge in [0.15, 0.2) is 5.16 Å². The summed E-state index contributed by atoms with van der Waals surface area (Å²) < 4.78 is 1.87. The van der Waals surface area contributed by atoms with Crippen LogP contribution in [-0.2, 0) is 30.6 Å². The first kappa shape index (κ1) is 16.0. The normalized spacial score (nSPS) is 10.9. The molecule has 114 valence electrons. The van der Waals surface area contributed by atoms with Crippen molar-refractivity contribution >= 4 is 29.0 Å². The van der Waals surface area contributed by atoms with E-state index in [9.17, 15) is 4.79 Å². The first-order valence-corrected chi connectivity index (χ1v) is 8.25. The fourth-order valence-electron chi connectivity index (χ4n) is 1.63. The van der Waals surface area contributed by atoms with Crippen LogP contribution >= 0.6 is 23.1 Å². The third kappa shape index (κ3) is 4.05. The minimum Gasteiger partial charge on any atom is -0.390 e. The SMILES string of the molecule is CN(C)C(=O)Cc1nc(CSc2ncc(CO)n2C)cs1. The van der Waals surface area contributed by atoms with Gasteiger partial charge in [0.05, 0.1) is 30.6 Å². The molecule has 2 rings (SSSR count). The van der Waals surface area contributed by atoms with Crippen molar-refractivity contribution in [2.24, 2.45) is 7.05 Å². The Bertz CT molecular complexity index is 621. The molecule has 0 aliphatic heterocycles. The molecular formula is C13H18N4O2S2. The summed E-state index contributed by atoms with van der Waals surface area (Å²) in [5.74, 6) is 0.753. The molecule has 8 heteroatoms. The zero-order valence-electron chi connectivity index (χ0n) is 12.2. The molecule has 1 amide bonds. The Labute approximate surface area is 131 Å². The van der Waals surface area contributed by atoms with E-state index in [0.717, 1.165) is 21.6 Å². The number of aliphatic hydroxyl groups is 1. The maximum absolute atomic E-state index is 11.6. The van der Waals surface area contributed by atoms with Crippen LogP contribution < -0.4 is 0 Å². The highest BCUT2D eigenvalue weighted by atomic mass is 32.2. The van der Waals surface area contributed by atoms with Crippen molar-refractivity contribution in [3.05, 3.63) is 28.0 Å². The number of hydrogen-bond donors (Lipinski definition) is 1. The van der Waals surface area contributed by atoms with Gasteiger partial charge in [-0.25, -0.2) is 9.97 Å². The molecule has 21 heavy (non-hydrogen) atoms. The van der Waals surface area contributed by atoms with Gasteiger partial charge in [-0.15, -0.1) is 11.3 Å². The summed E-state index contributed by atoms with van der Waals surface area (Å²) in [4.78, 5) is 21.9. The van der Waals surface area contributed by atoms with E-state index < -0.39 is 0 Å². The maximum Gasteiger partial charge on any atom is 0.228 e. The van der Waals surface area contributed by atoms with Gasteiger partial charge in [0.1, 0.15) is 5.01 Å². The number of amides is 1. The van der Waals surface area contributed by atoms with E-state index in [2.05, 4.69) is 9.97 Å². The molecular weight excluding hydrogens is 308 g/mol. The molecule has 0 spiro atoms. The van der Waals surface area contributed by atoms with Crippen molar-refractivity contribution in [2.75, 3.05) is 14.1 Å². The van der Waals surface area contributed by atoms with E-state index in [0.29, 0.717) is 12.2 Å². The second kappa shape index (κ2) is 7.06. The number of imidazole rings is 1. The monoisotopic (exact) mass is 326 g/mol. The number of hydrogen-bond acceptors (Lipinski definition) is 6. The average Bonchev–Trinajstić information content (AvgIpc) is 3.03. The molecule has 2 aromatic heterocycles. The number of aliphatic hydroxyl groups excluding tert-OH is 1. The second-order valence-corrected chi connectivity index (χ2v) is 6.62. The van der Waals surface area contributed by atoms with Gasteiger partial charge in [-0.05, 0) is 0 Å². The summed E-state index contributed by atoms with van der Waals surface area (Å²) >= 11 is 3.07. The Hall–Kier alpha value is -1.38. The summed E-state index contributed by atoms with van der Waals surface area (Å²) in [5, 5.41) is 12.8. The molecule has 0 bridgehead atoms. The molecule has 2 aromatic rings. The molecule has 0 aliphatic carbocycles. The molecule has 0 saturated heterocycles. The number of aromatic nitrogens is 3. The summed E-state index contributed by atoms with van der Waals surface area (Å²) in [6, 6.07) is 0. The van der Waals surface area contributed by atoms with Gasteiger partial charge in [-0.2, -0.15) is 0 Å². The van der Waals surface area contributed by atoms with E-state index >= 15 is 0 Å². The third-order valence-corrected chi connectivity index (χ3v) is 4.93. The number of carbonyl (C=O) groups excluding carboxylic acids is 1. The molecule has 2 heterocycles. The molecule has 0 aliphatic rings. The largest absolute Gasteiger partial charge is 0.390 e. The Morgan fingerprint density at radius 2 is 2.29 bits per heavy atom. The Morgan fingerprint density at radius 3 is 2.90 bits per heavy atom. The van der Waals surface area contributed by atoms with Crippen LogP contribution in [0.2, 0.25) is 0 Å². The van der Waals surface area contributed by atoms with Crippen LogP contribution in [-0.4, -0.2) is 44.5 Å². The average molecular weight is 326 g/mol. The van der Waals surface area contributed by atoms with Crippen molar-refractivity contribution < 1.29 is 9.90 Å². The lowest BCUT2D eigenvalue weighted by Crippen LogP contribution is -2.23.